The Kier molecular flexibility index (Phi) is 9.62. The van der Waals surface area contributed by atoms with E-state index in [4.69, 9.17) is 24.5 Å². The number of unbranched alkanes of at least 4 members (excludes halogenated alkanes) is 3. The van der Waals surface area contributed by atoms with Crippen LogP contribution in [0.25, 0.3) is 5.57 Å². The zero-order valence-electron chi connectivity index (χ0n) is 13.7. The average molecular weight is 357 g/mol. The number of aliphatic carboxylic acids is 2. The number of nitrogens with zero attached hydrogens (tertiary/aromatic N) is 2. The molecule has 0 saturated carbocycles. The van der Waals surface area contributed by atoms with Gasteiger partial charge in [0.2, 0.25) is 0 Å². The Bertz CT molecular complexity index is 547. The molecule has 0 aliphatic carbocycles. The molecule has 0 saturated heterocycles. The van der Waals surface area contributed by atoms with Crippen LogP contribution >= 0.6 is 11.7 Å². The largest absolute Gasteiger partial charge is 0.475 e. The molecule has 0 unspecified atom stereocenters. The summed E-state index contributed by atoms with van der Waals surface area (Å²) in [6.45, 7) is 4.89. The smallest absolute Gasteiger partial charge is 0.414 e. The molecule has 0 amide bonds. The van der Waals surface area contributed by atoms with E-state index in [-0.39, 0.29) is 0 Å². The molecular weight excluding hydrogens is 334 g/mol. The van der Waals surface area contributed by atoms with Crippen LogP contribution in [0.2, 0.25) is 0 Å². The molecule has 0 aromatic carbocycles. The molecular formula is C15H23N3O5S. The topological polar surface area (TPSA) is 122 Å². The molecule has 1 aliphatic rings. The molecule has 2 rings (SSSR count). The second-order valence-corrected chi connectivity index (χ2v) is 5.66. The lowest BCUT2D eigenvalue weighted by Gasteiger charge is -2.13. The second kappa shape index (κ2) is 11.5. The van der Waals surface area contributed by atoms with E-state index < -0.39 is 11.9 Å². The highest BCUT2D eigenvalue weighted by Crippen LogP contribution is 2.25. The Morgan fingerprint density at radius 1 is 1.25 bits per heavy atom. The fourth-order valence-electron chi connectivity index (χ4n) is 1.99. The van der Waals surface area contributed by atoms with Crippen molar-refractivity contribution >= 4 is 29.2 Å². The Morgan fingerprint density at radius 3 is 2.58 bits per heavy atom. The fraction of sp³-hybridized carbons (Fsp3) is 0.600. The van der Waals surface area contributed by atoms with Crippen LogP contribution in [0.15, 0.2) is 6.08 Å². The van der Waals surface area contributed by atoms with Crippen molar-refractivity contribution in [2.45, 2.75) is 39.0 Å². The normalized spacial score (nSPS) is 13.5. The third kappa shape index (κ3) is 7.51. The number of aromatic nitrogens is 2. The monoisotopic (exact) mass is 357 g/mol. The zero-order chi connectivity index (χ0) is 17.8. The average Bonchev–Trinajstić information content (AvgIpc) is 3.04. The quantitative estimate of drug-likeness (QED) is 0.500. The van der Waals surface area contributed by atoms with Crippen LogP contribution in [0, 0.1) is 0 Å². The van der Waals surface area contributed by atoms with Crippen molar-refractivity contribution in [2.24, 2.45) is 0 Å². The first kappa shape index (κ1) is 20.0. The second-order valence-electron chi connectivity index (χ2n) is 5.13. The molecule has 1 aliphatic heterocycles. The van der Waals surface area contributed by atoms with E-state index >= 15 is 0 Å². The van der Waals surface area contributed by atoms with E-state index in [1.54, 1.807) is 0 Å². The summed E-state index contributed by atoms with van der Waals surface area (Å²) < 4.78 is 14.3. The standard InChI is InChI=1S/C13H21N3OS.C2H2O4/c1-2-3-4-5-9-17-13-12(15-18-16-13)11-7-6-8-14-10-11;3-1(4)2(5)6/h7,14H,2-6,8-10H2,1H3;(H,3,4)(H,5,6). The zero-order valence-corrected chi connectivity index (χ0v) is 14.5. The van der Waals surface area contributed by atoms with Gasteiger partial charge in [-0.25, -0.2) is 9.59 Å². The minimum Gasteiger partial charge on any atom is -0.475 e. The van der Waals surface area contributed by atoms with E-state index in [1.165, 1.54) is 36.6 Å². The van der Waals surface area contributed by atoms with Gasteiger partial charge in [0.1, 0.15) is 5.69 Å². The molecule has 9 heteroatoms. The van der Waals surface area contributed by atoms with Crippen molar-refractivity contribution in [3.63, 3.8) is 0 Å². The molecule has 0 radical (unpaired) electrons. The Morgan fingerprint density at radius 2 is 2.00 bits per heavy atom. The van der Waals surface area contributed by atoms with Gasteiger partial charge in [0.25, 0.3) is 5.88 Å². The molecule has 0 fully saturated rings. The third-order valence-electron chi connectivity index (χ3n) is 3.21. The van der Waals surface area contributed by atoms with E-state index in [9.17, 15) is 0 Å². The van der Waals surface area contributed by atoms with Crippen molar-refractivity contribution in [3.8, 4) is 5.88 Å². The van der Waals surface area contributed by atoms with Crippen molar-refractivity contribution < 1.29 is 24.5 Å². The molecule has 134 valence electrons. The van der Waals surface area contributed by atoms with Gasteiger partial charge < -0.3 is 20.3 Å². The maximum atomic E-state index is 9.10. The van der Waals surface area contributed by atoms with Gasteiger partial charge >= 0.3 is 11.9 Å². The summed E-state index contributed by atoms with van der Waals surface area (Å²) in [6.07, 6.45) is 8.15. The number of nitrogens with one attached hydrogen (secondary N) is 1. The van der Waals surface area contributed by atoms with Crippen LogP contribution in [0.4, 0.5) is 0 Å². The van der Waals surface area contributed by atoms with Gasteiger partial charge in [-0.05, 0) is 25.0 Å². The molecule has 1 aromatic heterocycles. The van der Waals surface area contributed by atoms with Crippen LogP contribution in [-0.2, 0) is 9.59 Å². The number of carbonyl (C=O) groups is 2. The fourth-order valence-corrected chi connectivity index (χ4v) is 2.52. The van der Waals surface area contributed by atoms with Gasteiger partial charge in [-0.1, -0.05) is 32.3 Å². The van der Waals surface area contributed by atoms with Crippen LogP contribution in [-0.4, -0.2) is 50.6 Å². The first-order valence-electron chi connectivity index (χ1n) is 7.88. The van der Waals surface area contributed by atoms with Crippen LogP contribution in [0.3, 0.4) is 0 Å². The minimum atomic E-state index is -1.82. The van der Waals surface area contributed by atoms with Crippen molar-refractivity contribution in [3.05, 3.63) is 11.8 Å². The Balaban J connectivity index is 0.000000413. The molecule has 0 spiro atoms. The molecule has 0 bridgehead atoms. The van der Waals surface area contributed by atoms with E-state index in [0.29, 0.717) is 5.88 Å². The Labute approximate surface area is 144 Å². The summed E-state index contributed by atoms with van der Waals surface area (Å²) in [7, 11) is 0. The summed E-state index contributed by atoms with van der Waals surface area (Å²) in [4.78, 5) is 18.2. The summed E-state index contributed by atoms with van der Waals surface area (Å²) in [5.41, 5.74) is 2.15. The SMILES string of the molecule is CCCCCCOc1nsnc1C1=CCCNC1.O=C(O)C(=O)O. The summed E-state index contributed by atoms with van der Waals surface area (Å²) in [5, 5.41) is 18.1. The molecule has 1 aromatic rings. The van der Waals surface area contributed by atoms with Gasteiger partial charge in [0.05, 0.1) is 18.3 Å². The van der Waals surface area contributed by atoms with Gasteiger partial charge in [-0.2, -0.15) is 4.37 Å². The third-order valence-corrected chi connectivity index (χ3v) is 3.72. The molecule has 2 heterocycles. The van der Waals surface area contributed by atoms with Gasteiger partial charge in [-0.3, -0.25) is 0 Å². The van der Waals surface area contributed by atoms with Gasteiger partial charge in [-0.15, -0.1) is 4.37 Å². The van der Waals surface area contributed by atoms with Gasteiger partial charge in [0, 0.05) is 6.54 Å². The molecule has 3 N–H and O–H groups in total. The highest BCUT2D eigenvalue weighted by atomic mass is 32.1. The molecule has 24 heavy (non-hydrogen) atoms. The number of rotatable bonds is 7. The van der Waals surface area contributed by atoms with E-state index in [0.717, 1.165) is 38.2 Å². The molecule has 8 nitrogen and oxygen atoms in total. The number of ether oxygens (including phenoxy) is 1. The predicted octanol–water partition coefficient (Wildman–Crippen LogP) is 2.03. The van der Waals surface area contributed by atoms with Crippen molar-refractivity contribution in [1.29, 1.82) is 0 Å². The predicted molar refractivity (Wildman–Crippen MR) is 90.3 cm³/mol. The van der Waals surface area contributed by atoms with E-state index in [1.807, 2.05) is 0 Å². The van der Waals surface area contributed by atoms with Crippen molar-refractivity contribution in [1.82, 2.24) is 14.1 Å². The van der Waals surface area contributed by atoms with Crippen molar-refractivity contribution in [2.75, 3.05) is 19.7 Å². The number of carboxylic acids is 2. The highest BCUT2D eigenvalue weighted by molar-refractivity contribution is 6.99. The summed E-state index contributed by atoms with van der Waals surface area (Å²) in [6, 6.07) is 0. The summed E-state index contributed by atoms with van der Waals surface area (Å²) >= 11 is 1.23. The first-order valence-corrected chi connectivity index (χ1v) is 8.61. The lowest BCUT2D eigenvalue weighted by atomic mass is 10.1. The maximum Gasteiger partial charge on any atom is 0.414 e. The highest BCUT2D eigenvalue weighted by Gasteiger charge is 2.15. The van der Waals surface area contributed by atoms with Crippen LogP contribution in [0.1, 0.15) is 44.7 Å². The van der Waals surface area contributed by atoms with Gasteiger partial charge in [0.15, 0.2) is 0 Å². The van der Waals surface area contributed by atoms with E-state index in [2.05, 4.69) is 27.1 Å². The first-order chi connectivity index (χ1) is 11.6. The summed E-state index contributed by atoms with van der Waals surface area (Å²) in [5.74, 6) is -2.93. The number of hydrogen-bond acceptors (Lipinski definition) is 7. The lowest BCUT2D eigenvalue weighted by Crippen LogP contribution is -2.21. The lowest BCUT2D eigenvalue weighted by molar-refractivity contribution is -0.159. The molecule has 0 atom stereocenters. The van der Waals surface area contributed by atoms with Crippen LogP contribution < -0.4 is 10.1 Å². The Hall–Kier alpha value is -2.00. The number of hydrogen-bond donors (Lipinski definition) is 3. The minimum absolute atomic E-state index is 0.714. The number of carboxylic acid groups (broad SMARTS) is 2. The van der Waals surface area contributed by atoms with Crippen LogP contribution in [0.5, 0.6) is 5.88 Å². The maximum absolute atomic E-state index is 9.10.